The summed E-state index contributed by atoms with van der Waals surface area (Å²) >= 11 is 3.11. The molecule has 0 saturated carbocycles. The van der Waals surface area contributed by atoms with Gasteiger partial charge in [-0.25, -0.2) is 8.78 Å². The number of benzene rings is 2. The van der Waals surface area contributed by atoms with Crippen LogP contribution in [0.25, 0.3) is 0 Å². The van der Waals surface area contributed by atoms with Crippen LogP contribution < -0.4 is 4.74 Å². The summed E-state index contributed by atoms with van der Waals surface area (Å²) < 4.78 is 32.0. The first kappa shape index (κ1) is 13.7. The zero-order chi connectivity index (χ0) is 14.0. The molecule has 19 heavy (non-hydrogen) atoms. The highest BCUT2D eigenvalue weighted by atomic mass is 79.9. The molecular formula is C14H9BrF2O2. The van der Waals surface area contributed by atoms with Gasteiger partial charge in [0.15, 0.2) is 5.78 Å². The van der Waals surface area contributed by atoms with E-state index < -0.39 is 17.4 Å². The fraction of sp³-hybridized carbons (Fsp3) is 0.0714. The first-order valence-corrected chi connectivity index (χ1v) is 6.15. The maximum atomic E-state index is 13.3. The zero-order valence-electron chi connectivity index (χ0n) is 9.91. The summed E-state index contributed by atoms with van der Waals surface area (Å²) in [6.45, 7) is 0. The van der Waals surface area contributed by atoms with Gasteiger partial charge in [0.1, 0.15) is 17.4 Å². The number of rotatable bonds is 3. The van der Waals surface area contributed by atoms with E-state index in [0.717, 1.165) is 12.1 Å². The SMILES string of the molecule is COc1ccc(F)cc1C(=O)c1cc(F)cc(Br)c1. The third kappa shape index (κ3) is 2.98. The maximum Gasteiger partial charge on any atom is 0.196 e. The van der Waals surface area contributed by atoms with Crippen LogP contribution in [-0.4, -0.2) is 12.9 Å². The Morgan fingerprint density at radius 3 is 2.47 bits per heavy atom. The van der Waals surface area contributed by atoms with Crippen molar-refractivity contribution in [3.63, 3.8) is 0 Å². The molecule has 0 aromatic heterocycles. The molecule has 2 aromatic rings. The summed E-state index contributed by atoms with van der Waals surface area (Å²) in [4.78, 5) is 12.2. The Labute approximate surface area is 117 Å². The summed E-state index contributed by atoms with van der Waals surface area (Å²) in [6, 6.07) is 7.42. The smallest absolute Gasteiger partial charge is 0.196 e. The summed E-state index contributed by atoms with van der Waals surface area (Å²) in [5.41, 5.74) is 0.177. The lowest BCUT2D eigenvalue weighted by Crippen LogP contribution is -2.05. The molecule has 0 saturated heterocycles. The van der Waals surface area contributed by atoms with Crippen molar-refractivity contribution >= 4 is 21.7 Å². The highest BCUT2D eigenvalue weighted by Crippen LogP contribution is 2.24. The maximum absolute atomic E-state index is 13.3. The second kappa shape index (κ2) is 5.48. The summed E-state index contributed by atoms with van der Waals surface area (Å²) in [5, 5.41) is 0. The molecule has 0 aliphatic carbocycles. The molecule has 0 unspecified atom stereocenters. The Morgan fingerprint density at radius 2 is 1.84 bits per heavy atom. The molecule has 0 atom stereocenters. The lowest BCUT2D eigenvalue weighted by atomic mass is 10.0. The highest BCUT2D eigenvalue weighted by Gasteiger charge is 2.16. The second-order valence-electron chi connectivity index (χ2n) is 3.83. The summed E-state index contributed by atoms with van der Waals surface area (Å²) in [7, 11) is 1.38. The van der Waals surface area contributed by atoms with Gasteiger partial charge in [-0.05, 0) is 36.4 Å². The van der Waals surface area contributed by atoms with Crippen molar-refractivity contribution in [1.82, 2.24) is 0 Å². The Hall–Kier alpha value is -1.75. The van der Waals surface area contributed by atoms with E-state index in [-0.39, 0.29) is 16.9 Å². The molecule has 0 bridgehead atoms. The minimum Gasteiger partial charge on any atom is -0.496 e. The average Bonchev–Trinajstić information content (AvgIpc) is 2.36. The third-order valence-electron chi connectivity index (χ3n) is 2.53. The molecule has 0 radical (unpaired) electrons. The van der Waals surface area contributed by atoms with Gasteiger partial charge in [-0.2, -0.15) is 0 Å². The Bertz CT molecular complexity index is 621. The van der Waals surface area contributed by atoms with Gasteiger partial charge in [0.25, 0.3) is 0 Å². The summed E-state index contributed by atoms with van der Waals surface area (Å²) in [6.07, 6.45) is 0. The van der Waals surface area contributed by atoms with E-state index in [1.54, 1.807) is 0 Å². The lowest BCUT2D eigenvalue weighted by molar-refractivity contribution is 0.103. The van der Waals surface area contributed by atoms with E-state index >= 15 is 0 Å². The number of hydrogen-bond donors (Lipinski definition) is 0. The van der Waals surface area contributed by atoms with Crippen molar-refractivity contribution in [2.75, 3.05) is 7.11 Å². The molecule has 0 aliphatic heterocycles. The first-order chi connectivity index (χ1) is 9.01. The molecule has 0 N–H and O–H groups in total. The van der Waals surface area contributed by atoms with Crippen molar-refractivity contribution in [3.8, 4) is 5.75 Å². The summed E-state index contributed by atoms with van der Waals surface area (Å²) in [5.74, 6) is -1.36. The monoisotopic (exact) mass is 326 g/mol. The minimum absolute atomic E-state index is 0.0556. The number of ketones is 1. The van der Waals surface area contributed by atoms with Crippen LogP contribution in [0.2, 0.25) is 0 Å². The van der Waals surface area contributed by atoms with Gasteiger partial charge in [-0.15, -0.1) is 0 Å². The molecule has 2 aromatic carbocycles. The fourth-order valence-electron chi connectivity index (χ4n) is 1.70. The zero-order valence-corrected chi connectivity index (χ0v) is 11.5. The van der Waals surface area contributed by atoms with E-state index in [1.807, 2.05) is 0 Å². The lowest BCUT2D eigenvalue weighted by Gasteiger charge is -2.08. The van der Waals surface area contributed by atoms with Gasteiger partial charge in [0.05, 0.1) is 12.7 Å². The van der Waals surface area contributed by atoms with Crippen molar-refractivity contribution in [2.45, 2.75) is 0 Å². The van der Waals surface area contributed by atoms with E-state index in [0.29, 0.717) is 4.47 Å². The van der Waals surface area contributed by atoms with Crippen molar-refractivity contribution in [2.24, 2.45) is 0 Å². The Balaban J connectivity index is 2.52. The number of carbonyl (C=O) groups is 1. The van der Waals surface area contributed by atoms with Crippen LogP contribution in [0.4, 0.5) is 8.78 Å². The van der Waals surface area contributed by atoms with Crippen LogP contribution in [0.5, 0.6) is 5.75 Å². The molecule has 2 nitrogen and oxygen atoms in total. The highest BCUT2D eigenvalue weighted by molar-refractivity contribution is 9.10. The van der Waals surface area contributed by atoms with Crippen LogP contribution >= 0.6 is 15.9 Å². The molecule has 5 heteroatoms. The Kier molecular flexibility index (Phi) is 3.95. The van der Waals surface area contributed by atoms with E-state index in [2.05, 4.69) is 15.9 Å². The van der Waals surface area contributed by atoms with Gasteiger partial charge >= 0.3 is 0 Å². The Morgan fingerprint density at radius 1 is 1.11 bits per heavy atom. The molecule has 98 valence electrons. The second-order valence-corrected chi connectivity index (χ2v) is 4.75. The van der Waals surface area contributed by atoms with Crippen molar-refractivity contribution < 1.29 is 18.3 Å². The normalized spacial score (nSPS) is 10.3. The van der Waals surface area contributed by atoms with Gasteiger partial charge in [-0.3, -0.25) is 4.79 Å². The number of ether oxygens (including phenoxy) is 1. The van der Waals surface area contributed by atoms with Gasteiger partial charge < -0.3 is 4.74 Å². The number of methoxy groups -OCH3 is 1. The number of carbonyl (C=O) groups excluding carboxylic acids is 1. The molecule has 0 spiro atoms. The largest absolute Gasteiger partial charge is 0.496 e. The van der Waals surface area contributed by atoms with Gasteiger partial charge in [0.2, 0.25) is 0 Å². The first-order valence-electron chi connectivity index (χ1n) is 5.35. The fourth-order valence-corrected chi connectivity index (χ4v) is 2.16. The topological polar surface area (TPSA) is 26.3 Å². The van der Waals surface area contributed by atoms with E-state index in [9.17, 15) is 13.6 Å². The third-order valence-corrected chi connectivity index (χ3v) is 2.99. The average molecular weight is 327 g/mol. The number of hydrogen-bond acceptors (Lipinski definition) is 2. The van der Waals surface area contributed by atoms with E-state index in [4.69, 9.17) is 4.74 Å². The molecule has 2 rings (SSSR count). The van der Waals surface area contributed by atoms with Crippen LogP contribution in [-0.2, 0) is 0 Å². The minimum atomic E-state index is -0.556. The predicted octanol–water partition coefficient (Wildman–Crippen LogP) is 3.97. The predicted molar refractivity (Wildman–Crippen MR) is 70.5 cm³/mol. The van der Waals surface area contributed by atoms with Crippen LogP contribution in [0.3, 0.4) is 0 Å². The molecule has 0 fully saturated rings. The molecular weight excluding hydrogens is 318 g/mol. The molecule has 0 aliphatic rings. The van der Waals surface area contributed by atoms with Crippen molar-refractivity contribution in [1.29, 1.82) is 0 Å². The van der Waals surface area contributed by atoms with Crippen LogP contribution in [0.15, 0.2) is 40.9 Å². The van der Waals surface area contributed by atoms with E-state index in [1.165, 1.54) is 31.4 Å². The molecule has 0 amide bonds. The standard InChI is InChI=1S/C14H9BrF2O2/c1-19-13-3-2-10(16)7-12(13)14(18)8-4-9(15)6-11(17)5-8/h2-7H,1H3. The quantitative estimate of drug-likeness (QED) is 0.798. The van der Waals surface area contributed by atoms with Crippen LogP contribution in [0, 0.1) is 11.6 Å². The number of halogens is 3. The molecule has 0 heterocycles. The van der Waals surface area contributed by atoms with Gasteiger partial charge in [0, 0.05) is 10.0 Å². The van der Waals surface area contributed by atoms with Crippen molar-refractivity contribution in [3.05, 3.63) is 63.6 Å². The van der Waals surface area contributed by atoms with Gasteiger partial charge in [-0.1, -0.05) is 15.9 Å². The van der Waals surface area contributed by atoms with Crippen LogP contribution in [0.1, 0.15) is 15.9 Å².